The number of benzene rings is 1. The lowest BCUT2D eigenvalue weighted by Gasteiger charge is -2.38. The Kier molecular flexibility index (Phi) is 4.61. The number of rotatable bonds is 1. The van der Waals surface area contributed by atoms with Gasteiger partial charge in [0.15, 0.2) is 0 Å². The highest BCUT2D eigenvalue weighted by Gasteiger charge is 2.31. The molecule has 0 radical (unpaired) electrons. The monoisotopic (exact) mass is 290 g/mol. The van der Waals surface area contributed by atoms with Gasteiger partial charge >= 0.3 is 0 Å². The van der Waals surface area contributed by atoms with Gasteiger partial charge in [-0.05, 0) is 32.0 Å². The number of ether oxygens (including phenoxy) is 1. The molecule has 2 N–H and O–H groups in total. The fourth-order valence-electron chi connectivity index (χ4n) is 2.28. The van der Waals surface area contributed by atoms with Crippen molar-refractivity contribution in [3.8, 4) is 11.8 Å². The van der Waals surface area contributed by atoms with Gasteiger partial charge in [0.25, 0.3) is 5.91 Å². The van der Waals surface area contributed by atoms with Crippen LogP contribution in [0.25, 0.3) is 0 Å². The van der Waals surface area contributed by atoms with Crippen molar-refractivity contribution in [1.82, 2.24) is 4.90 Å². The number of carbonyl (C=O) groups excluding carboxylic acids is 1. The summed E-state index contributed by atoms with van der Waals surface area (Å²) in [6, 6.07) is 4.28. The van der Waals surface area contributed by atoms with Crippen molar-refractivity contribution in [1.29, 1.82) is 0 Å². The van der Waals surface area contributed by atoms with Crippen molar-refractivity contribution in [2.24, 2.45) is 5.73 Å². The summed E-state index contributed by atoms with van der Waals surface area (Å²) in [5.74, 6) is 4.63. The van der Waals surface area contributed by atoms with Gasteiger partial charge in [-0.1, -0.05) is 11.8 Å². The summed E-state index contributed by atoms with van der Waals surface area (Å²) in [5, 5.41) is 0. The first-order valence-corrected chi connectivity index (χ1v) is 6.85. The zero-order valence-electron chi connectivity index (χ0n) is 12.3. The zero-order chi connectivity index (χ0) is 15.5. The molecule has 0 atom stereocenters. The molecule has 21 heavy (non-hydrogen) atoms. The molecule has 0 spiro atoms. The second kappa shape index (κ2) is 6.25. The lowest BCUT2D eigenvalue weighted by molar-refractivity contribution is -0.0764. The Labute approximate surface area is 124 Å². The van der Waals surface area contributed by atoms with Crippen LogP contribution in [0, 0.1) is 17.7 Å². The van der Waals surface area contributed by atoms with Crippen LogP contribution < -0.4 is 5.73 Å². The fraction of sp³-hybridized carbons (Fsp3) is 0.438. The maximum atomic E-state index is 13.9. The van der Waals surface area contributed by atoms with E-state index in [0.717, 1.165) is 0 Å². The minimum absolute atomic E-state index is 0.0384. The number of nitrogens with zero attached hydrogens (tertiary/aromatic N) is 1. The van der Waals surface area contributed by atoms with Gasteiger partial charge in [0.2, 0.25) is 0 Å². The number of hydrogen-bond donors (Lipinski definition) is 1. The van der Waals surface area contributed by atoms with E-state index in [4.69, 9.17) is 10.5 Å². The molecule has 2 rings (SSSR count). The van der Waals surface area contributed by atoms with Crippen LogP contribution in [0.1, 0.15) is 29.8 Å². The highest BCUT2D eigenvalue weighted by atomic mass is 19.1. The maximum absolute atomic E-state index is 13.9. The molecule has 0 bridgehead atoms. The molecular weight excluding hydrogens is 271 g/mol. The van der Waals surface area contributed by atoms with Gasteiger partial charge in [0.1, 0.15) is 5.82 Å². The van der Waals surface area contributed by atoms with Crippen LogP contribution in [0.2, 0.25) is 0 Å². The minimum atomic E-state index is -0.539. The van der Waals surface area contributed by atoms with Crippen molar-refractivity contribution in [3.63, 3.8) is 0 Å². The molecule has 0 saturated carbocycles. The summed E-state index contributed by atoms with van der Waals surface area (Å²) in [5.41, 5.74) is 5.52. The Morgan fingerprint density at radius 3 is 2.95 bits per heavy atom. The Hall–Kier alpha value is -1.90. The van der Waals surface area contributed by atoms with Crippen LogP contribution in [0.5, 0.6) is 0 Å². The zero-order valence-corrected chi connectivity index (χ0v) is 12.3. The summed E-state index contributed by atoms with van der Waals surface area (Å²) in [7, 11) is 0. The summed E-state index contributed by atoms with van der Waals surface area (Å²) < 4.78 is 19.5. The molecule has 0 aliphatic carbocycles. The Morgan fingerprint density at radius 1 is 1.52 bits per heavy atom. The molecule has 1 heterocycles. The molecule has 0 unspecified atom stereocenters. The first-order chi connectivity index (χ1) is 9.93. The molecule has 4 nitrogen and oxygen atoms in total. The molecule has 1 aliphatic rings. The van der Waals surface area contributed by atoms with E-state index in [1.54, 1.807) is 4.90 Å². The number of nitrogens with two attached hydrogens (primary N) is 1. The highest BCUT2D eigenvalue weighted by molar-refractivity contribution is 5.95. The van der Waals surface area contributed by atoms with Crippen LogP contribution in [0.15, 0.2) is 18.2 Å². The van der Waals surface area contributed by atoms with Crippen molar-refractivity contribution in [2.75, 3.05) is 26.2 Å². The predicted molar refractivity (Wildman–Crippen MR) is 78.3 cm³/mol. The molecule has 0 aromatic heterocycles. The largest absolute Gasteiger partial charge is 0.372 e. The summed E-state index contributed by atoms with van der Waals surface area (Å²) in [4.78, 5) is 14.1. The summed E-state index contributed by atoms with van der Waals surface area (Å²) in [6.45, 7) is 5.38. The van der Waals surface area contributed by atoms with Crippen molar-refractivity contribution in [2.45, 2.75) is 19.4 Å². The molecule has 1 amide bonds. The second-order valence-corrected chi connectivity index (χ2v) is 5.54. The Bertz CT molecular complexity index is 602. The van der Waals surface area contributed by atoms with Crippen LogP contribution >= 0.6 is 0 Å². The van der Waals surface area contributed by atoms with Gasteiger partial charge in [0, 0.05) is 18.7 Å². The number of hydrogen-bond acceptors (Lipinski definition) is 3. The first kappa shape index (κ1) is 15.5. The summed E-state index contributed by atoms with van der Waals surface area (Å²) >= 11 is 0. The van der Waals surface area contributed by atoms with E-state index in [2.05, 4.69) is 11.8 Å². The van der Waals surface area contributed by atoms with Gasteiger partial charge in [-0.3, -0.25) is 4.79 Å². The van der Waals surface area contributed by atoms with E-state index in [1.165, 1.54) is 18.2 Å². The number of amides is 1. The topological polar surface area (TPSA) is 55.6 Å². The number of morpholine rings is 1. The van der Waals surface area contributed by atoms with Crippen LogP contribution in [-0.2, 0) is 4.74 Å². The van der Waals surface area contributed by atoms with Crippen molar-refractivity contribution >= 4 is 5.91 Å². The van der Waals surface area contributed by atoms with Gasteiger partial charge in [-0.25, -0.2) is 4.39 Å². The third-order valence-electron chi connectivity index (χ3n) is 3.24. The second-order valence-electron chi connectivity index (χ2n) is 5.54. The standard InChI is InChI=1S/C16H19FN2O2/c1-16(2)11-19(8-9-21-16)15(20)13-10-12(4-3-7-18)5-6-14(13)17/h5-6,10H,7-9,11,18H2,1-2H3. The average Bonchev–Trinajstić information content (AvgIpc) is 2.44. The molecule has 1 fully saturated rings. The van der Waals surface area contributed by atoms with Crippen LogP contribution in [0.3, 0.4) is 0 Å². The van der Waals surface area contributed by atoms with Crippen molar-refractivity contribution < 1.29 is 13.9 Å². The van der Waals surface area contributed by atoms with Gasteiger partial charge in [-0.15, -0.1) is 0 Å². The van der Waals surface area contributed by atoms with E-state index >= 15 is 0 Å². The quantitative estimate of drug-likeness (QED) is 0.795. The van der Waals surface area contributed by atoms with Gasteiger partial charge in [-0.2, -0.15) is 0 Å². The molecular formula is C16H19FN2O2. The van der Waals surface area contributed by atoms with E-state index < -0.39 is 11.4 Å². The van der Waals surface area contributed by atoms with Gasteiger partial charge < -0.3 is 15.4 Å². The first-order valence-electron chi connectivity index (χ1n) is 6.85. The molecule has 112 valence electrons. The van der Waals surface area contributed by atoms with E-state index in [0.29, 0.717) is 25.3 Å². The molecule has 1 aromatic carbocycles. The highest BCUT2D eigenvalue weighted by Crippen LogP contribution is 2.20. The fourth-order valence-corrected chi connectivity index (χ4v) is 2.28. The predicted octanol–water partition coefficient (Wildman–Crippen LogP) is 1.39. The number of halogens is 1. The van der Waals surface area contributed by atoms with Crippen LogP contribution in [0.4, 0.5) is 4.39 Å². The molecule has 5 heteroatoms. The smallest absolute Gasteiger partial charge is 0.257 e. The molecule has 1 aromatic rings. The van der Waals surface area contributed by atoms with Crippen molar-refractivity contribution in [3.05, 3.63) is 35.1 Å². The minimum Gasteiger partial charge on any atom is -0.372 e. The Morgan fingerprint density at radius 2 is 2.29 bits per heavy atom. The lowest BCUT2D eigenvalue weighted by atomic mass is 10.0. The van der Waals surface area contributed by atoms with Gasteiger partial charge in [0.05, 0.1) is 24.3 Å². The maximum Gasteiger partial charge on any atom is 0.257 e. The van der Waals surface area contributed by atoms with Crippen LogP contribution in [-0.4, -0.2) is 42.6 Å². The lowest BCUT2D eigenvalue weighted by Crippen LogP contribution is -2.50. The normalized spacial score (nSPS) is 17.0. The molecule has 1 aliphatic heterocycles. The SMILES string of the molecule is CC1(C)CN(C(=O)c2cc(C#CCN)ccc2F)CCO1. The van der Waals surface area contributed by atoms with E-state index in [9.17, 15) is 9.18 Å². The third-order valence-corrected chi connectivity index (χ3v) is 3.24. The number of carbonyl (C=O) groups is 1. The average molecular weight is 290 g/mol. The molecule has 1 saturated heterocycles. The summed E-state index contributed by atoms with van der Waals surface area (Å²) in [6.07, 6.45) is 0. The third kappa shape index (κ3) is 3.81. The Balaban J connectivity index is 2.26. The van der Waals surface area contributed by atoms with E-state index in [1.807, 2.05) is 13.8 Å². The van der Waals surface area contributed by atoms with E-state index in [-0.39, 0.29) is 18.0 Å².